The van der Waals surface area contributed by atoms with Crippen molar-refractivity contribution in [2.24, 2.45) is 0 Å². The molecule has 0 bridgehead atoms. The van der Waals surface area contributed by atoms with Crippen molar-refractivity contribution in [3.8, 4) is 5.75 Å². The molecule has 4 N–H and O–H groups in total. The quantitative estimate of drug-likeness (QED) is 0.453. The Balaban J connectivity index is 0.000000390. The summed E-state index contributed by atoms with van der Waals surface area (Å²) >= 11 is 0. The zero-order valence-electron chi connectivity index (χ0n) is 10.3. The van der Waals surface area contributed by atoms with Gasteiger partial charge in [-0.2, -0.15) is 0 Å². The van der Waals surface area contributed by atoms with Crippen molar-refractivity contribution >= 4 is 5.57 Å². The van der Waals surface area contributed by atoms with Gasteiger partial charge in [-0.05, 0) is 17.7 Å². The first-order chi connectivity index (χ1) is 8.98. The normalized spacial score (nSPS) is 19.7. The number of epoxide rings is 1. The minimum atomic E-state index is -1.98. The number of benzene rings is 1. The lowest BCUT2D eigenvalue weighted by Crippen LogP contribution is -2.27. The van der Waals surface area contributed by atoms with Gasteiger partial charge in [0.1, 0.15) is 11.5 Å². The summed E-state index contributed by atoms with van der Waals surface area (Å²) in [6.07, 6.45) is 2.56. The largest absolute Gasteiger partial charge is 0.508 e. The summed E-state index contributed by atoms with van der Waals surface area (Å²) in [5, 5.41) is 37.3. The van der Waals surface area contributed by atoms with Crippen LogP contribution in [0.4, 0.5) is 0 Å². The van der Waals surface area contributed by atoms with Crippen LogP contribution in [0.15, 0.2) is 42.2 Å². The second-order valence-corrected chi connectivity index (χ2v) is 4.39. The van der Waals surface area contributed by atoms with E-state index in [1.807, 2.05) is 0 Å². The van der Waals surface area contributed by atoms with Gasteiger partial charge in [0, 0.05) is 18.1 Å². The Morgan fingerprint density at radius 1 is 1.00 bits per heavy atom. The molecule has 1 saturated heterocycles. The average Bonchev–Trinajstić information content (AvgIpc) is 3.17. The van der Waals surface area contributed by atoms with E-state index in [9.17, 15) is 15.3 Å². The summed E-state index contributed by atoms with van der Waals surface area (Å²) < 4.78 is 4.50. The van der Waals surface area contributed by atoms with Crippen molar-refractivity contribution in [1.82, 2.24) is 0 Å². The minimum Gasteiger partial charge on any atom is -0.508 e. The van der Waals surface area contributed by atoms with Crippen molar-refractivity contribution in [1.29, 1.82) is 0 Å². The summed E-state index contributed by atoms with van der Waals surface area (Å²) in [5.41, 5.74) is 1.24. The van der Waals surface area contributed by atoms with Gasteiger partial charge in [0.25, 0.3) is 0 Å². The van der Waals surface area contributed by atoms with Crippen molar-refractivity contribution in [2.75, 3.05) is 13.2 Å². The first-order valence-electron chi connectivity index (χ1n) is 5.92. The van der Waals surface area contributed by atoms with Crippen LogP contribution in [0, 0.1) is 0 Å². The van der Waals surface area contributed by atoms with E-state index in [-0.39, 0.29) is 17.9 Å². The van der Waals surface area contributed by atoms with Crippen LogP contribution in [-0.2, 0) is 4.74 Å². The molecule has 1 aliphatic carbocycles. The van der Waals surface area contributed by atoms with E-state index in [0.29, 0.717) is 11.1 Å². The second-order valence-electron chi connectivity index (χ2n) is 4.39. The summed E-state index contributed by atoms with van der Waals surface area (Å²) in [5.74, 6) is -2.02. The van der Waals surface area contributed by atoms with Crippen molar-refractivity contribution < 1.29 is 25.2 Å². The molecule has 1 aliphatic heterocycles. The maximum Gasteiger partial charge on any atom is 0.190 e. The van der Waals surface area contributed by atoms with E-state index in [1.165, 1.54) is 12.1 Å². The molecule has 0 spiro atoms. The molecule has 1 fully saturated rings. The summed E-state index contributed by atoms with van der Waals surface area (Å²) in [4.78, 5) is 0. The lowest BCUT2D eigenvalue weighted by molar-refractivity contribution is -0.116. The van der Waals surface area contributed by atoms with Gasteiger partial charge in [-0.1, -0.05) is 18.2 Å². The van der Waals surface area contributed by atoms with Gasteiger partial charge >= 0.3 is 0 Å². The van der Waals surface area contributed by atoms with Crippen LogP contribution in [0.3, 0.4) is 0 Å². The summed E-state index contributed by atoms with van der Waals surface area (Å²) in [7, 11) is 0. The van der Waals surface area contributed by atoms with Crippen LogP contribution in [0.1, 0.15) is 12.0 Å². The molecule has 1 aromatic carbocycles. The maximum absolute atomic E-state index is 9.64. The lowest BCUT2D eigenvalue weighted by Gasteiger charge is -2.22. The fourth-order valence-electron chi connectivity index (χ4n) is 1.62. The molecule has 102 valence electrons. The molecular weight excluding hydrogens is 248 g/mol. The molecule has 0 unspecified atom stereocenters. The monoisotopic (exact) mass is 264 g/mol. The molecular formula is C14H16O5. The lowest BCUT2D eigenvalue weighted by atomic mass is 9.95. The fraction of sp³-hybridized carbons (Fsp3) is 0.286. The molecule has 0 amide bonds. The third-order valence-electron chi connectivity index (χ3n) is 2.63. The predicted molar refractivity (Wildman–Crippen MR) is 69.4 cm³/mol. The van der Waals surface area contributed by atoms with Gasteiger partial charge in [-0.3, -0.25) is 0 Å². The highest BCUT2D eigenvalue weighted by Crippen LogP contribution is 2.30. The molecule has 3 rings (SSSR count). The number of hydrogen-bond acceptors (Lipinski definition) is 5. The van der Waals surface area contributed by atoms with Crippen molar-refractivity contribution in [2.45, 2.75) is 12.2 Å². The Morgan fingerprint density at radius 2 is 1.58 bits per heavy atom. The maximum atomic E-state index is 9.64. The average molecular weight is 264 g/mol. The number of rotatable bonds is 1. The Morgan fingerprint density at radius 3 is 2.05 bits per heavy atom. The van der Waals surface area contributed by atoms with Crippen LogP contribution in [0.25, 0.3) is 5.57 Å². The first-order valence-corrected chi connectivity index (χ1v) is 5.92. The highest BCUT2D eigenvalue weighted by atomic mass is 16.6. The van der Waals surface area contributed by atoms with Crippen molar-refractivity contribution in [3.05, 3.63) is 47.7 Å². The zero-order chi connectivity index (χ0) is 13.9. The third kappa shape index (κ3) is 4.10. The topological polar surface area (TPSA) is 93.5 Å². The molecule has 0 radical (unpaired) electrons. The number of aromatic hydroxyl groups is 1. The molecule has 0 aromatic heterocycles. The Hall–Kier alpha value is -1.82. The van der Waals surface area contributed by atoms with Gasteiger partial charge in [-0.15, -0.1) is 0 Å². The van der Waals surface area contributed by atoms with E-state index in [4.69, 9.17) is 5.11 Å². The minimum absolute atomic E-state index is 0.0211. The smallest absolute Gasteiger partial charge is 0.190 e. The number of aliphatic hydroxyl groups is 3. The van der Waals surface area contributed by atoms with Gasteiger partial charge in [0.05, 0.1) is 13.2 Å². The van der Waals surface area contributed by atoms with Crippen LogP contribution in [0.5, 0.6) is 5.75 Å². The molecule has 0 saturated carbocycles. The van der Waals surface area contributed by atoms with E-state index in [1.54, 1.807) is 18.2 Å². The zero-order valence-corrected chi connectivity index (χ0v) is 10.3. The highest BCUT2D eigenvalue weighted by Gasteiger charge is 2.25. The Kier molecular flexibility index (Phi) is 3.90. The SMILES string of the molecule is C1CO1.OC1=CC(O)(O)CC=C1c1ccc(O)cc1. The van der Waals surface area contributed by atoms with Gasteiger partial charge in [-0.25, -0.2) is 0 Å². The van der Waals surface area contributed by atoms with Crippen LogP contribution >= 0.6 is 0 Å². The summed E-state index contributed by atoms with van der Waals surface area (Å²) in [6.45, 7) is 2.00. The third-order valence-corrected chi connectivity index (χ3v) is 2.63. The molecule has 5 heteroatoms. The highest BCUT2D eigenvalue weighted by molar-refractivity contribution is 5.78. The van der Waals surface area contributed by atoms with E-state index >= 15 is 0 Å². The van der Waals surface area contributed by atoms with E-state index < -0.39 is 5.79 Å². The Bertz CT molecular complexity index is 494. The van der Waals surface area contributed by atoms with Gasteiger partial charge in [0.15, 0.2) is 5.79 Å². The van der Waals surface area contributed by atoms with E-state index in [0.717, 1.165) is 19.3 Å². The molecule has 19 heavy (non-hydrogen) atoms. The molecule has 1 heterocycles. The van der Waals surface area contributed by atoms with Gasteiger partial charge < -0.3 is 25.2 Å². The van der Waals surface area contributed by atoms with Crippen LogP contribution in [-0.4, -0.2) is 39.4 Å². The molecule has 0 atom stereocenters. The second kappa shape index (κ2) is 5.44. The number of hydrogen-bond donors (Lipinski definition) is 4. The number of aliphatic hydroxyl groups excluding tert-OH is 1. The molecule has 2 aliphatic rings. The number of phenols is 1. The van der Waals surface area contributed by atoms with Crippen LogP contribution < -0.4 is 0 Å². The predicted octanol–water partition coefficient (Wildman–Crippen LogP) is 1.32. The number of allylic oxidation sites excluding steroid dienone is 1. The van der Waals surface area contributed by atoms with E-state index in [2.05, 4.69) is 4.74 Å². The van der Waals surface area contributed by atoms with Crippen LogP contribution in [0.2, 0.25) is 0 Å². The van der Waals surface area contributed by atoms with Crippen molar-refractivity contribution in [3.63, 3.8) is 0 Å². The molecule has 1 aromatic rings. The number of phenolic OH excluding ortho intramolecular Hbond substituents is 1. The fourth-order valence-corrected chi connectivity index (χ4v) is 1.62. The molecule has 5 nitrogen and oxygen atoms in total. The summed E-state index contributed by atoms with van der Waals surface area (Å²) in [6, 6.07) is 6.30. The number of ether oxygens (including phenoxy) is 1. The van der Waals surface area contributed by atoms with Gasteiger partial charge in [0.2, 0.25) is 0 Å². The Labute approximate surface area is 110 Å². The first kappa shape index (κ1) is 13.6. The standard InChI is InChI=1S/C12H12O4.C2H4O/c13-9-3-1-8(2-4-9)10-5-6-12(15,16)7-11(10)14;1-2-3-1/h1-5,7,13-16H,6H2;1-2H2.